The molecule has 0 bridgehead atoms. The predicted octanol–water partition coefficient (Wildman–Crippen LogP) is 4.73. The molecule has 0 amide bonds. The minimum atomic E-state index is -5.76. The SMILES string of the molecule is CCOCOC1(C(F)(F)F)CC(F)(CC)C(C(C)(F)F)C1(F)F. The first kappa shape index (κ1) is 20.4. The van der Waals surface area contributed by atoms with Gasteiger partial charge in [-0.25, -0.2) is 22.0 Å². The molecule has 0 radical (unpaired) electrons. The van der Waals surface area contributed by atoms with Crippen molar-refractivity contribution in [2.45, 2.75) is 62.9 Å². The van der Waals surface area contributed by atoms with Gasteiger partial charge in [-0.15, -0.1) is 0 Å². The molecule has 1 aliphatic rings. The van der Waals surface area contributed by atoms with Crippen LogP contribution in [0.5, 0.6) is 0 Å². The summed E-state index contributed by atoms with van der Waals surface area (Å²) in [6, 6.07) is 0. The summed E-state index contributed by atoms with van der Waals surface area (Å²) < 4.78 is 119. The lowest BCUT2D eigenvalue weighted by molar-refractivity contribution is -0.363. The molecule has 0 aromatic heterocycles. The van der Waals surface area contributed by atoms with E-state index in [1.165, 1.54) is 6.92 Å². The lowest BCUT2D eigenvalue weighted by Gasteiger charge is -2.38. The van der Waals surface area contributed by atoms with E-state index in [4.69, 9.17) is 0 Å². The Morgan fingerprint density at radius 2 is 1.57 bits per heavy atom. The molecule has 3 unspecified atom stereocenters. The summed E-state index contributed by atoms with van der Waals surface area (Å²) in [4.78, 5) is 0. The number of rotatable bonds is 6. The highest BCUT2D eigenvalue weighted by Gasteiger charge is 2.85. The van der Waals surface area contributed by atoms with Crippen LogP contribution in [0.1, 0.15) is 33.6 Å². The highest BCUT2D eigenvalue weighted by Crippen LogP contribution is 2.66. The van der Waals surface area contributed by atoms with Crippen LogP contribution < -0.4 is 0 Å². The molecule has 1 fully saturated rings. The fourth-order valence-electron chi connectivity index (χ4n) is 3.04. The number of ether oxygens (including phenoxy) is 2. The van der Waals surface area contributed by atoms with E-state index in [1.54, 1.807) is 0 Å². The van der Waals surface area contributed by atoms with Crippen molar-refractivity contribution in [1.29, 1.82) is 0 Å². The van der Waals surface area contributed by atoms with E-state index in [-0.39, 0.29) is 13.5 Å². The van der Waals surface area contributed by atoms with Crippen molar-refractivity contribution in [1.82, 2.24) is 0 Å². The predicted molar refractivity (Wildman–Crippen MR) is 64.2 cm³/mol. The molecular formula is C13H18F8O2. The molecule has 0 N–H and O–H groups in total. The Balaban J connectivity index is 3.47. The van der Waals surface area contributed by atoms with E-state index >= 15 is 0 Å². The Hall–Kier alpha value is -0.640. The highest BCUT2D eigenvalue weighted by atomic mass is 19.4. The standard InChI is InChI=1S/C13H18F8O2/c1-4-10(16)6-11(13(19,20)21,23-7-22-5-2)12(17,18)8(10)9(3,14)15/h8H,4-7H2,1-3H3. The molecule has 1 rings (SSSR count). The average molecular weight is 358 g/mol. The van der Waals surface area contributed by atoms with Gasteiger partial charge in [-0.05, 0) is 20.3 Å². The van der Waals surface area contributed by atoms with E-state index in [2.05, 4.69) is 9.47 Å². The van der Waals surface area contributed by atoms with Gasteiger partial charge in [0.1, 0.15) is 18.4 Å². The third kappa shape index (κ3) is 3.16. The zero-order valence-corrected chi connectivity index (χ0v) is 12.7. The van der Waals surface area contributed by atoms with Gasteiger partial charge in [-0.3, -0.25) is 0 Å². The molecule has 1 aliphatic carbocycles. The lowest BCUT2D eigenvalue weighted by atomic mass is 9.84. The first-order chi connectivity index (χ1) is 10.2. The van der Waals surface area contributed by atoms with Gasteiger partial charge in [-0.1, -0.05) is 6.92 Å². The number of hydrogen-bond donors (Lipinski definition) is 0. The van der Waals surface area contributed by atoms with E-state index in [1.807, 2.05) is 0 Å². The third-order valence-electron chi connectivity index (χ3n) is 4.11. The van der Waals surface area contributed by atoms with Crippen LogP contribution in [0.15, 0.2) is 0 Å². The molecular weight excluding hydrogens is 340 g/mol. The molecule has 0 aliphatic heterocycles. The number of hydrogen-bond acceptors (Lipinski definition) is 2. The summed E-state index contributed by atoms with van der Waals surface area (Å²) >= 11 is 0. The molecule has 0 aromatic rings. The summed E-state index contributed by atoms with van der Waals surface area (Å²) in [5.74, 6) is -13.0. The highest BCUT2D eigenvalue weighted by molar-refractivity contribution is 5.20. The van der Waals surface area contributed by atoms with E-state index in [0.717, 1.165) is 6.92 Å². The second-order valence-corrected chi connectivity index (χ2v) is 5.66. The van der Waals surface area contributed by atoms with Gasteiger partial charge in [0.25, 0.3) is 11.8 Å². The number of halogens is 8. The van der Waals surface area contributed by atoms with Gasteiger partial charge < -0.3 is 9.47 Å². The van der Waals surface area contributed by atoms with Crippen molar-refractivity contribution >= 4 is 0 Å². The average Bonchev–Trinajstić information content (AvgIpc) is 2.53. The molecule has 1 saturated carbocycles. The minimum absolute atomic E-state index is 0.0233. The molecule has 23 heavy (non-hydrogen) atoms. The van der Waals surface area contributed by atoms with E-state index < -0.39 is 54.8 Å². The fourth-order valence-corrected chi connectivity index (χ4v) is 3.04. The van der Waals surface area contributed by atoms with Gasteiger partial charge in [0.2, 0.25) is 5.60 Å². The van der Waals surface area contributed by atoms with Crippen LogP contribution in [-0.4, -0.2) is 42.7 Å². The molecule has 10 heteroatoms. The van der Waals surface area contributed by atoms with Crippen LogP contribution in [0.2, 0.25) is 0 Å². The molecule has 3 atom stereocenters. The first-order valence-corrected chi connectivity index (χ1v) is 6.92. The quantitative estimate of drug-likeness (QED) is 0.388. The van der Waals surface area contributed by atoms with Crippen LogP contribution in [0.3, 0.4) is 0 Å². The zero-order valence-electron chi connectivity index (χ0n) is 12.7. The van der Waals surface area contributed by atoms with Gasteiger partial charge >= 0.3 is 6.18 Å². The minimum Gasteiger partial charge on any atom is -0.356 e. The van der Waals surface area contributed by atoms with Gasteiger partial charge in [0, 0.05) is 13.0 Å². The Bertz CT molecular complexity index is 419. The molecule has 0 spiro atoms. The summed E-state index contributed by atoms with van der Waals surface area (Å²) in [6.07, 6.45) is -8.62. The molecule has 0 heterocycles. The van der Waals surface area contributed by atoms with Crippen molar-refractivity contribution < 1.29 is 44.6 Å². The van der Waals surface area contributed by atoms with Gasteiger partial charge in [0.15, 0.2) is 0 Å². The van der Waals surface area contributed by atoms with Crippen LogP contribution in [0.4, 0.5) is 35.1 Å². The van der Waals surface area contributed by atoms with Crippen LogP contribution in [-0.2, 0) is 9.47 Å². The second-order valence-electron chi connectivity index (χ2n) is 5.66. The Labute approximate surface area is 128 Å². The van der Waals surface area contributed by atoms with Crippen molar-refractivity contribution in [3.63, 3.8) is 0 Å². The van der Waals surface area contributed by atoms with E-state index in [0.29, 0.717) is 0 Å². The summed E-state index contributed by atoms with van der Waals surface area (Å²) in [6.45, 7) is 0.911. The fraction of sp³-hybridized carbons (Fsp3) is 1.00. The zero-order chi connectivity index (χ0) is 18.3. The van der Waals surface area contributed by atoms with Crippen LogP contribution >= 0.6 is 0 Å². The van der Waals surface area contributed by atoms with Crippen molar-refractivity contribution in [2.24, 2.45) is 5.92 Å². The maximum absolute atomic E-state index is 14.7. The monoisotopic (exact) mass is 358 g/mol. The van der Waals surface area contributed by atoms with Crippen molar-refractivity contribution in [3.8, 4) is 0 Å². The molecule has 138 valence electrons. The van der Waals surface area contributed by atoms with Crippen molar-refractivity contribution in [2.75, 3.05) is 13.4 Å². The molecule has 2 nitrogen and oxygen atoms in total. The largest absolute Gasteiger partial charge is 0.423 e. The van der Waals surface area contributed by atoms with Crippen LogP contribution in [0, 0.1) is 5.92 Å². The first-order valence-electron chi connectivity index (χ1n) is 6.92. The second kappa shape index (κ2) is 6.02. The summed E-state index contributed by atoms with van der Waals surface area (Å²) in [7, 11) is 0. The smallest absolute Gasteiger partial charge is 0.356 e. The summed E-state index contributed by atoms with van der Waals surface area (Å²) in [5, 5.41) is 0. The number of alkyl halides is 8. The molecule has 0 saturated heterocycles. The van der Waals surface area contributed by atoms with Crippen molar-refractivity contribution in [3.05, 3.63) is 0 Å². The van der Waals surface area contributed by atoms with Crippen LogP contribution in [0.25, 0.3) is 0 Å². The third-order valence-corrected chi connectivity index (χ3v) is 4.11. The maximum atomic E-state index is 14.7. The van der Waals surface area contributed by atoms with E-state index in [9.17, 15) is 35.1 Å². The lowest BCUT2D eigenvalue weighted by Crippen LogP contribution is -2.61. The normalized spacial score (nSPS) is 34.8. The Morgan fingerprint density at radius 3 is 1.87 bits per heavy atom. The van der Waals surface area contributed by atoms with Gasteiger partial charge in [-0.2, -0.15) is 13.2 Å². The summed E-state index contributed by atoms with van der Waals surface area (Å²) in [5.41, 5.74) is -7.81. The van der Waals surface area contributed by atoms with Gasteiger partial charge in [0.05, 0.1) is 0 Å². The maximum Gasteiger partial charge on any atom is 0.423 e. The topological polar surface area (TPSA) is 18.5 Å². The molecule has 0 aromatic carbocycles. The Morgan fingerprint density at radius 1 is 1.04 bits per heavy atom. The Kier molecular flexibility index (Phi) is 5.34.